The van der Waals surface area contributed by atoms with Crippen LogP contribution in [0.25, 0.3) is 0 Å². The molecule has 2 rings (SSSR count). The number of para-hydroxylation sites is 1. The van der Waals surface area contributed by atoms with Crippen LogP contribution in [0, 0.1) is 0 Å². The molecule has 0 spiro atoms. The SMILES string of the molecule is CC(Oc1ccc(C(C)(C)C)cc1)C(=O)NNC(=O)COc1ccccc1C(C)C. The van der Waals surface area contributed by atoms with E-state index in [4.69, 9.17) is 9.47 Å². The van der Waals surface area contributed by atoms with Crippen molar-refractivity contribution in [2.24, 2.45) is 0 Å². The highest BCUT2D eigenvalue weighted by atomic mass is 16.5. The van der Waals surface area contributed by atoms with Crippen LogP contribution in [0.4, 0.5) is 0 Å². The van der Waals surface area contributed by atoms with Crippen LogP contribution in [0.2, 0.25) is 0 Å². The number of nitrogens with one attached hydrogen (secondary N) is 2. The van der Waals surface area contributed by atoms with E-state index in [1.807, 2.05) is 48.5 Å². The molecule has 0 aliphatic carbocycles. The van der Waals surface area contributed by atoms with Crippen molar-refractivity contribution in [3.8, 4) is 11.5 Å². The Morgan fingerprint density at radius 1 is 0.933 bits per heavy atom. The van der Waals surface area contributed by atoms with Crippen molar-refractivity contribution in [1.82, 2.24) is 10.9 Å². The Labute approximate surface area is 178 Å². The quantitative estimate of drug-likeness (QED) is 0.671. The Balaban J connectivity index is 1.80. The van der Waals surface area contributed by atoms with Gasteiger partial charge in [0.25, 0.3) is 11.8 Å². The second-order valence-electron chi connectivity index (χ2n) is 8.55. The predicted octanol–water partition coefficient (Wildman–Crippen LogP) is 4.10. The Kier molecular flexibility index (Phi) is 7.86. The van der Waals surface area contributed by atoms with Gasteiger partial charge in [0.2, 0.25) is 0 Å². The minimum Gasteiger partial charge on any atom is -0.483 e. The maximum Gasteiger partial charge on any atom is 0.279 e. The van der Waals surface area contributed by atoms with Gasteiger partial charge in [-0.3, -0.25) is 20.4 Å². The van der Waals surface area contributed by atoms with E-state index in [1.54, 1.807) is 6.92 Å². The third-order valence-electron chi connectivity index (χ3n) is 4.63. The summed E-state index contributed by atoms with van der Waals surface area (Å²) in [6, 6.07) is 15.2. The number of amides is 2. The molecular formula is C24H32N2O4. The molecule has 2 aromatic rings. The molecule has 0 fully saturated rings. The van der Waals surface area contributed by atoms with Gasteiger partial charge in [0.05, 0.1) is 0 Å². The first-order chi connectivity index (χ1) is 14.1. The largest absolute Gasteiger partial charge is 0.483 e. The summed E-state index contributed by atoms with van der Waals surface area (Å²) in [4.78, 5) is 24.2. The molecule has 0 bridgehead atoms. The molecule has 1 atom stereocenters. The lowest BCUT2D eigenvalue weighted by Gasteiger charge is -2.20. The van der Waals surface area contributed by atoms with Gasteiger partial charge in [0.1, 0.15) is 11.5 Å². The van der Waals surface area contributed by atoms with Crippen molar-refractivity contribution in [2.45, 2.75) is 59.0 Å². The predicted molar refractivity (Wildman–Crippen MR) is 118 cm³/mol. The lowest BCUT2D eigenvalue weighted by molar-refractivity contribution is -0.133. The molecule has 6 heteroatoms. The highest BCUT2D eigenvalue weighted by molar-refractivity contribution is 5.85. The number of rotatable bonds is 7. The normalized spacial score (nSPS) is 12.2. The number of hydrogen-bond acceptors (Lipinski definition) is 4. The molecule has 162 valence electrons. The van der Waals surface area contributed by atoms with Crippen LogP contribution in [0.15, 0.2) is 48.5 Å². The van der Waals surface area contributed by atoms with Crippen molar-refractivity contribution < 1.29 is 19.1 Å². The van der Waals surface area contributed by atoms with Crippen LogP contribution in [0.1, 0.15) is 58.6 Å². The second-order valence-corrected chi connectivity index (χ2v) is 8.55. The smallest absolute Gasteiger partial charge is 0.279 e. The zero-order chi connectivity index (χ0) is 22.3. The summed E-state index contributed by atoms with van der Waals surface area (Å²) < 4.78 is 11.2. The standard InChI is InChI=1S/C24H32N2O4/c1-16(2)20-9-7-8-10-21(20)29-15-22(27)25-26-23(28)17(3)30-19-13-11-18(12-14-19)24(4,5)6/h7-14,16-17H,15H2,1-6H3,(H,25,27)(H,26,28). The zero-order valence-corrected chi connectivity index (χ0v) is 18.6. The van der Waals surface area contributed by atoms with Gasteiger partial charge in [0, 0.05) is 0 Å². The van der Waals surface area contributed by atoms with Crippen molar-refractivity contribution in [2.75, 3.05) is 6.61 Å². The number of benzene rings is 2. The van der Waals surface area contributed by atoms with Crippen molar-refractivity contribution in [3.05, 3.63) is 59.7 Å². The Morgan fingerprint density at radius 2 is 1.57 bits per heavy atom. The van der Waals surface area contributed by atoms with E-state index >= 15 is 0 Å². The van der Waals surface area contributed by atoms with Gasteiger partial charge in [-0.1, -0.05) is 65.0 Å². The van der Waals surface area contributed by atoms with Crippen LogP contribution in [-0.2, 0) is 15.0 Å². The fraction of sp³-hybridized carbons (Fsp3) is 0.417. The van der Waals surface area contributed by atoms with E-state index in [2.05, 4.69) is 45.5 Å². The van der Waals surface area contributed by atoms with E-state index in [1.165, 1.54) is 5.56 Å². The molecule has 2 N–H and O–H groups in total. The highest BCUT2D eigenvalue weighted by Gasteiger charge is 2.17. The third kappa shape index (κ3) is 6.79. The summed E-state index contributed by atoms with van der Waals surface area (Å²) in [6.07, 6.45) is -0.770. The van der Waals surface area contributed by atoms with Crippen LogP contribution >= 0.6 is 0 Å². The van der Waals surface area contributed by atoms with Crippen LogP contribution in [0.5, 0.6) is 11.5 Å². The molecule has 2 amide bonds. The summed E-state index contributed by atoms with van der Waals surface area (Å²) >= 11 is 0. The Hall–Kier alpha value is -3.02. The molecule has 1 unspecified atom stereocenters. The fourth-order valence-electron chi connectivity index (χ4n) is 2.79. The third-order valence-corrected chi connectivity index (χ3v) is 4.63. The van der Waals surface area contributed by atoms with Gasteiger partial charge in [-0.05, 0) is 47.6 Å². The average Bonchev–Trinajstić information content (AvgIpc) is 2.70. The van der Waals surface area contributed by atoms with Crippen LogP contribution in [-0.4, -0.2) is 24.5 Å². The molecule has 0 heterocycles. The lowest BCUT2D eigenvalue weighted by Crippen LogP contribution is -2.48. The van der Waals surface area contributed by atoms with Gasteiger partial charge in [-0.15, -0.1) is 0 Å². The first-order valence-corrected chi connectivity index (χ1v) is 10.2. The molecule has 30 heavy (non-hydrogen) atoms. The summed E-state index contributed by atoms with van der Waals surface area (Å²) in [5, 5.41) is 0. The summed E-state index contributed by atoms with van der Waals surface area (Å²) in [7, 11) is 0. The first kappa shape index (κ1) is 23.3. The topological polar surface area (TPSA) is 76.7 Å². The Bertz CT molecular complexity index is 854. The summed E-state index contributed by atoms with van der Waals surface area (Å²) in [6.45, 7) is 11.9. The minimum absolute atomic E-state index is 0.0452. The molecule has 2 aromatic carbocycles. The molecule has 0 saturated carbocycles. The fourth-order valence-corrected chi connectivity index (χ4v) is 2.79. The molecule has 0 radical (unpaired) electrons. The number of hydrogen-bond donors (Lipinski definition) is 2. The first-order valence-electron chi connectivity index (χ1n) is 10.2. The van der Waals surface area contributed by atoms with Crippen molar-refractivity contribution >= 4 is 11.8 Å². The van der Waals surface area contributed by atoms with Gasteiger partial charge < -0.3 is 9.47 Å². The molecule has 0 saturated heterocycles. The van der Waals surface area contributed by atoms with Crippen LogP contribution in [0.3, 0.4) is 0 Å². The minimum atomic E-state index is -0.770. The van der Waals surface area contributed by atoms with E-state index < -0.39 is 17.9 Å². The zero-order valence-electron chi connectivity index (χ0n) is 18.6. The maximum atomic E-state index is 12.2. The number of carbonyl (C=O) groups excluding carboxylic acids is 2. The van der Waals surface area contributed by atoms with Crippen LogP contribution < -0.4 is 20.3 Å². The highest BCUT2D eigenvalue weighted by Crippen LogP contribution is 2.26. The molecule has 0 aromatic heterocycles. The monoisotopic (exact) mass is 412 g/mol. The number of carbonyl (C=O) groups is 2. The number of hydrazine groups is 1. The molecular weight excluding hydrogens is 380 g/mol. The van der Waals surface area contributed by atoms with E-state index in [9.17, 15) is 9.59 Å². The van der Waals surface area contributed by atoms with E-state index in [0.29, 0.717) is 11.5 Å². The van der Waals surface area contributed by atoms with E-state index in [-0.39, 0.29) is 17.9 Å². The lowest BCUT2D eigenvalue weighted by atomic mass is 9.87. The van der Waals surface area contributed by atoms with E-state index in [0.717, 1.165) is 5.56 Å². The second kappa shape index (κ2) is 10.1. The molecule has 0 aliphatic rings. The maximum absolute atomic E-state index is 12.2. The average molecular weight is 413 g/mol. The summed E-state index contributed by atoms with van der Waals surface area (Å²) in [5.74, 6) is 0.615. The van der Waals surface area contributed by atoms with Gasteiger partial charge in [-0.2, -0.15) is 0 Å². The van der Waals surface area contributed by atoms with Crippen molar-refractivity contribution in [3.63, 3.8) is 0 Å². The number of ether oxygens (including phenoxy) is 2. The summed E-state index contributed by atoms with van der Waals surface area (Å²) in [5.41, 5.74) is 6.97. The molecule has 0 aliphatic heterocycles. The van der Waals surface area contributed by atoms with Gasteiger partial charge in [0.15, 0.2) is 12.7 Å². The Morgan fingerprint density at radius 3 is 2.17 bits per heavy atom. The van der Waals surface area contributed by atoms with Gasteiger partial charge in [-0.25, -0.2) is 0 Å². The van der Waals surface area contributed by atoms with Gasteiger partial charge >= 0.3 is 0 Å². The molecule has 6 nitrogen and oxygen atoms in total. The van der Waals surface area contributed by atoms with Crippen molar-refractivity contribution in [1.29, 1.82) is 0 Å².